The summed E-state index contributed by atoms with van der Waals surface area (Å²) in [6.07, 6.45) is 0. The predicted molar refractivity (Wildman–Crippen MR) is 65.6 cm³/mol. The number of aryl methyl sites for hydroxylation is 1. The monoisotopic (exact) mass is 284 g/mol. The van der Waals surface area contributed by atoms with Crippen LogP contribution in [-0.2, 0) is 0 Å². The molecule has 0 spiro atoms. The van der Waals surface area contributed by atoms with Crippen molar-refractivity contribution in [1.29, 1.82) is 0 Å². The molecule has 15 heavy (non-hydrogen) atoms. The van der Waals surface area contributed by atoms with E-state index in [2.05, 4.69) is 31.6 Å². The van der Waals surface area contributed by atoms with E-state index in [4.69, 9.17) is 5.84 Å². The van der Waals surface area contributed by atoms with E-state index in [-0.39, 0.29) is 0 Å². The van der Waals surface area contributed by atoms with Crippen molar-refractivity contribution >= 4 is 32.4 Å². The van der Waals surface area contributed by atoms with Gasteiger partial charge in [0.25, 0.3) is 0 Å². The Balaban J connectivity index is 2.40. The van der Waals surface area contributed by atoms with Gasteiger partial charge in [0.2, 0.25) is 5.13 Å². The highest BCUT2D eigenvalue weighted by molar-refractivity contribution is 9.10. The van der Waals surface area contributed by atoms with Crippen molar-refractivity contribution in [3.8, 4) is 10.6 Å². The number of nitrogens with zero attached hydrogens (tertiary/aromatic N) is 2. The van der Waals surface area contributed by atoms with E-state index in [0.717, 1.165) is 15.0 Å². The van der Waals surface area contributed by atoms with Gasteiger partial charge in [-0.25, -0.2) is 5.84 Å². The third-order valence-corrected chi connectivity index (χ3v) is 3.73. The molecule has 0 radical (unpaired) electrons. The molecule has 6 heteroatoms. The fourth-order valence-corrected chi connectivity index (χ4v) is 2.15. The number of nitrogens with two attached hydrogens (primary N) is 1. The zero-order valence-corrected chi connectivity index (χ0v) is 10.4. The third kappa shape index (κ3) is 2.17. The average Bonchev–Trinajstić information content (AvgIpc) is 2.70. The molecule has 1 heterocycles. The van der Waals surface area contributed by atoms with E-state index in [1.165, 1.54) is 16.9 Å². The molecule has 0 aliphatic rings. The van der Waals surface area contributed by atoms with Crippen LogP contribution in [0.25, 0.3) is 10.6 Å². The summed E-state index contributed by atoms with van der Waals surface area (Å²) in [6, 6.07) is 6.08. The van der Waals surface area contributed by atoms with Gasteiger partial charge in [-0.1, -0.05) is 39.4 Å². The lowest BCUT2D eigenvalue weighted by Crippen LogP contribution is -2.05. The number of benzene rings is 1. The summed E-state index contributed by atoms with van der Waals surface area (Å²) >= 11 is 4.90. The van der Waals surface area contributed by atoms with Crippen molar-refractivity contribution in [2.75, 3.05) is 5.43 Å². The summed E-state index contributed by atoms with van der Waals surface area (Å²) in [6.45, 7) is 2.04. The number of halogens is 1. The lowest BCUT2D eigenvalue weighted by Gasteiger charge is -1.99. The summed E-state index contributed by atoms with van der Waals surface area (Å²) in [5.41, 5.74) is 4.70. The van der Waals surface area contributed by atoms with Crippen LogP contribution in [0.15, 0.2) is 22.7 Å². The minimum Gasteiger partial charge on any atom is -0.298 e. The lowest BCUT2D eigenvalue weighted by molar-refractivity contribution is 1.08. The maximum Gasteiger partial charge on any atom is 0.220 e. The van der Waals surface area contributed by atoms with Crippen molar-refractivity contribution in [1.82, 2.24) is 10.2 Å². The molecule has 0 saturated carbocycles. The molecule has 1 aromatic heterocycles. The molecule has 1 aromatic carbocycles. The molecule has 0 atom stereocenters. The summed E-state index contributed by atoms with van der Waals surface area (Å²) in [5.74, 6) is 5.24. The van der Waals surface area contributed by atoms with Crippen LogP contribution in [0.4, 0.5) is 5.13 Å². The number of hydrogen-bond acceptors (Lipinski definition) is 5. The number of hydrazine groups is 1. The molecule has 0 saturated heterocycles. The quantitative estimate of drug-likeness (QED) is 0.657. The summed E-state index contributed by atoms with van der Waals surface area (Å²) < 4.78 is 1.07. The predicted octanol–water partition coefficient (Wildman–Crippen LogP) is 2.56. The van der Waals surface area contributed by atoms with E-state index < -0.39 is 0 Å². The van der Waals surface area contributed by atoms with Crippen molar-refractivity contribution < 1.29 is 0 Å². The first-order valence-corrected chi connectivity index (χ1v) is 5.88. The maximum absolute atomic E-state index is 5.24. The third-order valence-electron chi connectivity index (χ3n) is 1.97. The van der Waals surface area contributed by atoms with Crippen LogP contribution < -0.4 is 11.3 Å². The van der Waals surface area contributed by atoms with Gasteiger partial charge in [0, 0.05) is 10.0 Å². The fourth-order valence-electron chi connectivity index (χ4n) is 1.12. The van der Waals surface area contributed by atoms with Crippen LogP contribution in [0.3, 0.4) is 0 Å². The highest BCUT2D eigenvalue weighted by Gasteiger charge is 2.06. The van der Waals surface area contributed by atoms with E-state index in [0.29, 0.717) is 5.13 Å². The van der Waals surface area contributed by atoms with Gasteiger partial charge in [-0.3, -0.25) is 5.43 Å². The Bertz CT molecular complexity index is 483. The molecule has 0 fully saturated rings. The number of nitrogens with one attached hydrogen (secondary N) is 1. The maximum atomic E-state index is 5.24. The Morgan fingerprint density at radius 1 is 1.40 bits per heavy atom. The molecular formula is C9H9BrN4S. The van der Waals surface area contributed by atoms with E-state index in [1.54, 1.807) is 0 Å². The molecule has 0 unspecified atom stereocenters. The Morgan fingerprint density at radius 3 is 2.80 bits per heavy atom. The first-order chi connectivity index (χ1) is 7.20. The minimum absolute atomic E-state index is 0.613. The van der Waals surface area contributed by atoms with E-state index in [1.807, 2.05) is 25.1 Å². The highest BCUT2D eigenvalue weighted by Crippen LogP contribution is 2.29. The van der Waals surface area contributed by atoms with Crippen molar-refractivity contribution in [2.45, 2.75) is 6.92 Å². The van der Waals surface area contributed by atoms with Gasteiger partial charge < -0.3 is 0 Å². The number of rotatable bonds is 2. The lowest BCUT2D eigenvalue weighted by atomic mass is 10.2. The largest absolute Gasteiger partial charge is 0.298 e. The van der Waals surface area contributed by atoms with Gasteiger partial charge in [-0.2, -0.15) is 0 Å². The Labute approximate surface area is 99.6 Å². The smallest absolute Gasteiger partial charge is 0.220 e. The van der Waals surface area contributed by atoms with E-state index in [9.17, 15) is 0 Å². The van der Waals surface area contributed by atoms with Crippen LogP contribution in [-0.4, -0.2) is 10.2 Å². The van der Waals surface area contributed by atoms with Gasteiger partial charge in [0.05, 0.1) is 0 Å². The van der Waals surface area contributed by atoms with Crippen molar-refractivity contribution in [2.24, 2.45) is 5.84 Å². The van der Waals surface area contributed by atoms with Crippen LogP contribution in [0, 0.1) is 6.92 Å². The second-order valence-electron chi connectivity index (χ2n) is 3.02. The molecule has 0 bridgehead atoms. The van der Waals surface area contributed by atoms with Gasteiger partial charge >= 0.3 is 0 Å². The Kier molecular flexibility index (Phi) is 2.99. The molecule has 2 rings (SSSR count). The molecule has 2 aromatic rings. The molecule has 0 aliphatic carbocycles. The van der Waals surface area contributed by atoms with Crippen LogP contribution in [0.5, 0.6) is 0 Å². The highest BCUT2D eigenvalue weighted by atomic mass is 79.9. The fraction of sp³-hybridized carbons (Fsp3) is 0.111. The van der Waals surface area contributed by atoms with Crippen molar-refractivity contribution in [3.05, 3.63) is 28.2 Å². The van der Waals surface area contributed by atoms with Crippen molar-refractivity contribution in [3.63, 3.8) is 0 Å². The first kappa shape index (κ1) is 10.5. The Morgan fingerprint density at radius 2 is 2.20 bits per heavy atom. The summed E-state index contributed by atoms with van der Waals surface area (Å²) in [7, 11) is 0. The van der Waals surface area contributed by atoms with Gasteiger partial charge in [-0.05, 0) is 18.6 Å². The number of nitrogen functional groups attached to an aromatic ring is 1. The molecule has 78 valence electrons. The summed E-state index contributed by atoms with van der Waals surface area (Å²) in [4.78, 5) is 0. The number of aromatic nitrogens is 2. The SMILES string of the molecule is Cc1ccc(-c2nnc(NN)s2)cc1Br. The van der Waals surface area contributed by atoms with E-state index >= 15 is 0 Å². The minimum atomic E-state index is 0.613. The molecule has 0 amide bonds. The normalized spacial score (nSPS) is 10.3. The van der Waals surface area contributed by atoms with Crippen LogP contribution in [0.2, 0.25) is 0 Å². The molecular weight excluding hydrogens is 276 g/mol. The molecule has 3 N–H and O–H groups in total. The van der Waals surface area contributed by atoms with Gasteiger partial charge in [0.15, 0.2) is 0 Å². The standard InChI is InChI=1S/C9H9BrN4S/c1-5-2-3-6(4-7(5)10)8-13-14-9(12-11)15-8/h2-4H,11H2,1H3,(H,12,14). The number of hydrogen-bond donors (Lipinski definition) is 2. The zero-order chi connectivity index (χ0) is 10.8. The number of anilines is 1. The molecule has 0 aliphatic heterocycles. The topological polar surface area (TPSA) is 63.8 Å². The first-order valence-electron chi connectivity index (χ1n) is 4.27. The van der Waals surface area contributed by atoms with Crippen LogP contribution >= 0.6 is 27.3 Å². The van der Waals surface area contributed by atoms with Gasteiger partial charge in [0.1, 0.15) is 5.01 Å². The average molecular weight is 285 g/mol. The Hall–Kier alpha value is -0.980. The zero-order valence-electron chi connectivity index (χ0n) is 7.99. The second kappa shape index (κ2) is 4.26. The summed E-state index contributed by atoms with van der Waals surface area (Å²) in [5, 5.41) is 9.38. The van der Waals surface area contributed by atoms with Crippen LogP contribution in [0.1, 0.15) is 5.56 Å². The second-order valence-corrected chi connectivity index (χ2v) is 4.85. The van der Waals surface area contributed by atoms with Gasteiger partial charge in [-0.15, -0.1) is 10.2 Å². The molecule has 4 nitrogen and oxygen atoms in total.